The van der Waals surface area contributed by atoms with Crippen molar-refractivity contribution < 1.29 is 4.74 Å². The van der Waals surface area contributed by atoms with Crippen molar-refractivity contribution >= 4 is 0 Å². The van der Waals surface area contributed by atoms with Gasteiger partial charge in [0.25, 0.3) is 0 Å². The van der Waals surface area contributed by atoms with Gasteiger partial charge in [-0.05, 0) is 51.0 Å². The second-order valence-corrected chi connectivity index (χ2v) is 8.04. The summed E-state index contributed by atoms with van der Waals surface area (Å²) in [7, 11) is 1.68. The first-order valence-electron chi connectivity index (χ1n) is 10.6. The van der Waals surface area contributed by atoms with Crippen LogP contribution in [0.4, 0.5) is 0 Å². The van der Waals surface area contributed by atoms with E-state index in [0.29, 0.717) is 5.92 Å². The van der Waals surface area contributed by atoms with Crippen molar-refractivity contribution in [3.05, 3.63) is 59.2 Å². The van der Waals surface area contributed by atoms with Gasteiger partial charge in [-0.25, -0.2) is 4.68 Å². The molecule has 2 heterocycles. The minimum Gasteiger partial charge on any atom is -0.497 e. The van der Waals surface area contributed by atoms with E-state index in [4.69, 9.17) is 4.74 Å². The van der Waals surface area contributed by atoms with Gasteiger partial charge in [0.15, 0.2) is 0 Å². The number of aromatic nitrogens is 4. The number of hydrogen-bond donors (Lipinski definition) is 2. The zero-order valence-electron chi connectivity index (χ0n) is 17.6. The molecular formula is C23H31N5O. The van der Waals surface area contributed by atoms with Crippen LogP contribution >= 0.6 is 0 Å². The summed E-state index contributed by atoms with van der Waals surface area (Å²) in [6, 6.07) is 8.19. The smallest absolute Gasteiger partial charge is 0.119 e. The molecule has 1 atom stereocenters. The quantitative estimate of drug-likeness (QED) is 0.604. The lowest BCUT2D eigenvalue weighted by atomic mass is 9.85. The van der Waals surface area contributed by atoms with Crippen molar-refractivity contribution in [2.45, 2.75) is 64.5 Å². The van der Waals surface area contributed by atoms with Gasteiger partial charge in [-0.2, -0.15) is 10.2 Å². The molecule has 1 saturated carbocycles. The molecule has 0 aliphatic heterocycles. The number of methoxy groups -OCH3 is 1. The van der Waals surface area contributed by atoms with E-state index in [2.05, 4.69) is 34.5 Å². The van der Waals surface area contributed by atoms with Gasteiger partial charge in [0.05, 0.1) is 25.2 Å². The molecule has 154 valence electrons. The Hall–Kier alpha value is -2.60. The van der Waals surface area contributed by atoms with Crippen molar-refractivity contribution in [1.29, 1.82) is 0 Å². The van der Waals surface area contributed by atoms with Crippen LogP contribution in [0.1, 0.15) is 73.5 Å². The normalized spacial score (nSPS) is 16.1. The van der Waals surface area contributed by atoms with E-state index in [1.165, 1.54) is 48.9 Å². The Bertz CT molecular complexity index is 921. The number of nitrogens with one attached hydrogen (secondary N) is 2. The molecule has 6 heteroatoms. The molecule has 1 aliphatic carbocycles. The van der Waals surface area contributed by atoms with E-state index in [1.807, 2.05) is 41.3 Å². The van der Waals surface area contributed by atoms with Crippen LogP contribution in [0.5, 0.6) is 5.75 Å². The molecule has 0 radical (unpaired) electrons. The van der Waals surface area contributed by atoms with Gasteiger partial charge >= 0.3 is 0 Å². The zero-order valence-corrected chi connectivity index (χ0v) is 17.6. The van der Waals surface area contributed by atoms with Crippen molar-refractivity contribution in [3.8, 4) is 11.4 Å². The summed E-state index contributed by atoms with van der Waals surface area (Å²) < 4.78 is 7.24. The van der Waals surface area contributed by atoms with Crippen LogP contribution in [0.3, 0.4) is 0 Å². The van der Waals surface area contributed by atoms with E-state index in [0.717, 1.165) is 23.7 Å². The second-order valence-electron chi connectivity index (χ2n) is 8.04. The van der Waals surface area contributed by atoms with Crippen LogP contribution in [0.25, 0.3) is 5.69 Å². The lowest BCUT2D eigenvalue weighted by molar-refractivity contribution is 0.414. The maximum absolute atomic E-state index is 5.25. The Labute approximate surface area is 172 Å². The first kappa shape index (κ1) is 19.7. The Balaban J connectivity index is 1.44. The first-order valence-corrected chi connectivity index (χ1v) is 10.6. The molecule has 1 fully saturated rings. The monoisotopic (exact) mass is 393 g/mol. The molecule has 29 heavy (non-hydrogen) atoms. The van der Waals surface area contributed by atoms with Crippen LogP contribution in [0, 0.1) is 6.92 Å². The van der Waals surface area contributed by atoms with Crippen molar-refractivity contribution in [2.24, 2.45) is 0 Å². The summed E-state index contributed by atoms with van der Waals surface area (Å²) in [6.07, 6.45) is 10.5. The minimum atomic E-state index is 0.205. The third kappa shape index (κ3) is 4.22. The molecule has 6 nitrogen and oxygen atoms in total. The van der Waals surface area contributed by atoms with Gasteiger partial charge in [0, 0.05) is 41.0 Å². The highest BCUT2D eigenvalue weighted by atomic mass is 16.5. The Morgan fingerprint density at radius 1 is 1.17 bits per heavy atom. The first-order chi connectivity index (χ1) is 14.2. The van der Waals surface area contributed by atoms with Crippen LogP contribution < -0.4 is 10.1 Å². The summed E-state index contributed by atoms with van der Waals surface area (Å²) in [4.78, 5) is 0. The SMILES string of the molecule is COc1ccc(-n2ncc([C@H](C)NCc3cn[nH]c3C3CCCCC3)c2C)cc1. The molecule has 0 amide bonds. The summed E-state index contributed by atoms with van der Waals surface area (Å²) in [5.41, 5.74) is 6.02. The molecule has 2 aromatic heterocycles. The van der Waals surface area contributed by atoms with Crippen LogP contribution in [0.2, 0.25) is 0 Å². The van der Waals surface area contributed by atoms with Crippen molar-refractivity contribution in [1.82, 2.24) is 25.3 Å². The number of aromatic amines is 1. The molecule has 0 unspecified atom stereocenters. The van der Waals surface area contributed by atoms with E-state index < -0.39 is 0 Å². The molecule has 4 rings (SSSR count). The molecule has 1 aliphatic rings. The van der Waals surface area contributed by atoms with E-state index >= 15 is 0 Å². The summed E-state index contributed by atoms with van der Waals surface area (Å²) >= 11 is 0. The average Bonchev–Trinajstić information content (AvgIpc) is 3.39. The van der Waals surface area contributed by atoms with Gasteiger partial charge in [-0.15, -0.1) is 0 Å². The van der Waals surface area contributed by atoms with Crippen molar-refractivity contribution in [3.63, 3.8) is 0 Å². The standard InChI is InChI=1S/C23H31N5O/c1-16(24-13-19-14-25-27-23(19)18-7-5-4-6-8-18)22-15-26-28(17(22)2)20-9-11-21(29-3)12-10-20/h9-12,14-16,18,24H,4-8,13H2,1-3H3,(H,25,27)/t16-/m0/s1. The molecule has 3 aromatic rings. The maximum Gasteiger partial charge on any atom is 0.119 e. The number of H-pyrrole nitrogens is 1. The largest absolute Gasteiger partial charge is 0.497 e. The highest BCUT2D eigenvalue weighted by molar-refractivity contribution is 5.39. The molecule has 0 spiro atoms. The molecular weight excluding hydrogens is 362 g/mol. The van der Waals surface area contributed by atoms with Crippen LogP contribution in [0.15, 0.2) is 36.7 Å². The molecule has 0 saturated heterocycles. The number of hydrogen-bond acceptors (Lipinski definition) is 4. The number of benzene rings is 1. The second kappa shape index (κ2) is 8.82. The Kier molecular flexibility index (Phi) is 6.00. The Morgan fingerprint density at radius 2 is 1.93 bits per heavy atom. The molecule has 2 N–H and O–H groups in total. The molecule has 0 bridgehead atoms. The fraction of sp³-hybridized carbons (Fsp3) is 0.478. The van der Waals surface area contributed by atoms with Gasteiger partial charge in [0.2, 0.25) is 0 Å². The highest BCUT2D eigenvalue weighted by Gasteiger charge is 2.21. The van der Waals surface area contributed by atoms with Gasteiger partial charge in [-0.3, -0.25) is 5.10 Å². The molecule has 1 aromatic carbocycles. The lowest BCUT2D eigenvalue weighted by Gasteiger charge is -2.22. The van der Waals surface area contributed by atoms with E-state index in [1.54, 1.807) is 7.11 Å². The van der Waals surface area contributed by atoms with Gasteiger partial charge in [-0.1, -0.05) is 19.3 Å². The van der Waals surface area contributed by atoms with Crippen LogP contribution in [-0.2, 0) is 6.54 Å². The van der Waals surface area contributed by atoms with Gasteiger partial charge in [0.1, 0.15) is 5.75 Å². The summed E-state index contributed by atoms with van der Waals surface area (Å²) in [5, 5.41) is 15.9. The number of rotatable bonds is 7. The fourth-order valence-corrected chi connectivity index (χ4v) is 4.41. The predicted molar refractivity (Wildman–Crippen MR) is 115 cm³/mol. The maximum atomic E-state index is 5.25. The number of ether oxygens (including phenoxy) is 1. The third-order valence-corrected chi connectivity index (χ3v) is 6.19. The van der Waals surface area contributed by atoms with Crippen molar-refractivity contribution in [2.75, 3.05) is 7.11 Å². The third-order valence-electron chi connectivity index (χ3n) is 6.19. The fourth-order valence-electron chi connectivity index (χ4n) is 4.41. The van der Waals surface area contributed by atoms with Gasteiger partial charge < -0.3 is 10.1 Å². The zero-order chi connectivity index (χ0) is 20.2. The number of nitrogens with zero attached hydrogens (tertiary/aromatic N) is 3. The average molecular weight is 394 g/mol. The summed E-state index contributed by atoms with van der Waals surface area (Å²) in [5.74, 6) is 1.49. The minimum absolute atomic E-state index is 0.205. The Morgan fingerprint density at radius 3 is 2.66 bits per heavy atom. The van der Waals surface area contributed by atoms with E-state index in [-0.39, 0.29) is 6.04 Å². The van der Waals surface area contributed by atoms with Crippen LogP contribution in [-0.4, -0.2) is 27.1 Å². The predicted octanol–water partition coefficient (Wildman–Crippen LogP) is 4.81. The lowest BCUT2D eigenvalue weighted by Crippen LogP contribution is -2.20. The highest BCUT2D eigenvalue weighted by Crippen LogP contribution is 2.33. The van der Waals surface area contributed by atoms with E-state index in [9.17, 15) is 0 Å². The topological polar surface area (TPSA) is 67.8 Å². The summed E-state index contributed by atoms with van der Waals surface area (Å²) in [6.45, 7) is 5.13.